The standard InChI is InChI=1S/C13H20N2O2/c14-12-9-10(4-7-15-12)8-11(16)13(17)5-2-1-3-6-13/h4,7,9,11,16-17H,1-3,5-6,8H2,(H2,14,15). The van der Waals surface area contributed by atoms with Crippen molar-refractivity contribution in [2.75, 3.05) is 5.73 Å². The molecule has 0 bridgehead atoms. The van der Waals surface area contributed by atoms with E-state index in [2.05, 4.69) is 4.98 Å². The molecule has 4 heteroatoms. The first-order valence-electron chi connectivity index (χ1n) is 6.21. The fourth-order valence-corrected chi connectivity index (χ4v) is 2.53. The number of aliphatic hydroxyl groups excluding tert-OH is 1. The number of hydrogen-bond acceptors (Lipinski definition) is 4. The van der Waals surface area contributed by atoms with Crippen molar-refractivity contribution in [3.8, 4) is 0 Å². The van der Waals surface area contributed by atoms with Crippen LogP contribution in [0.2, 0.25) is 0 Å². The van der Waals surface area contributed by atoms with E-state index in [4.69, 9.17) is 5.73 Å². The zero-order valence-corrected chi connectivity index (χ0v) is 9.97. The molecule has 1 aromatic rings. The second-order valence-electron chi connectivity index (χ2n) is 4.97. The lowest BCUT2D eigenvalue weighted by Gasteiger charge is -2.36. The van der Waals surface area contributed by atoms with Crippen molar-refractivity contribution in [2.45, 2.75) is 50.2 Å². The van der Waals surface area contributed by atoms with Gasteiger partial charge in [0.2, 0.25) is 0 Å². The molecule has 1 aromatic heterocycles. The van der Waals surface area contributed by atoms with Crippen molar-refractivity contribution in [1.29, 1.82) is 0 Å². The van der Waals surface area contributed by atoms with Gasteiger partial charge >= 0.3 is 0 Å². The van der Waals surface area contributed by atoms with Crippen LogP contribution in [0.3, 0.4) is 0 Å². The van der Waals surface area contributed by atoms with Gasteiger partial charge in [-0.15, -0.1) is 0 Å². The molecule has 4 N–H and O–H groups in total. The molecule has 0 spiro atoms. The number of rotatable bonds is 3. The van der Waals surface area contributed by atoms with Crippen LogP contribution in [0.4, 0.5) is 5.82 Å². The number of pyridine rings is 1. The fourth-order valence-electron chi connectivity index (χ4n) is 2.53. The minimum Gasteiger partial charge on any atom is -0.390 e. The van der Waals surface area contributed by atoms with E-state index in [0.29, 0.717) is 25.1 Å². The summed E-state index contributed by atoms with van der Waals surface area (Å²) in [5.74, 6) is 0.449. The molecular formula is C13H20N2O2. The van der Waals surface area contributed by atoms with Gasteiger partial charge in [0.05, 0.1) is 11.7 Å². The molecule has 2 rings (SSSR count). The van der Waals surface area contributed by atoms with Crippen molar-refractivity contribution < 1.29 is 10.2 Å². The van der Waals surface area contributed by atoms with Gasteiger partial charge in [-0.2, -0.15) is 0 Å². The van der Waals surface area contributed by atoms with Crippen LogP contribution in [0, 0.1) is 0 Å². The SMILES string of the molecule is Nc1cc(CC(O)C2(O)CCCCC2)ccn1. The Labute approximate surface area is 101 Å². The average Bonchev–Trinajstić information content (AvgIpc) is 2.30. The third kappa shape index (κ3) is 2.96. The molecule has 0 aromatic carbocycles. The molecule has 0 radical (unpaired) electrons. The van der Waals surface area contributed by atoms with Crippen LogP contribution >= 0.6 is 0 Å². The summed E-state index contributed by atoms with van der Waals surface area (Å²) in [6.45, 7) is 0. The zero-order valence-electron chi connectivity index (χ0n) is 9.97. The molecule has 94 valence electrons. The van der Waals surface area contributed by atoms with Crippen LogP contribution in [0.1, 0.15) is 37.7 Å². The minimum absolute atomic E-state index is 0.434. The summed E-state index contributed by atoms with van der Waals surface area (Å²) in [4.78, 5) is 3.91. The molecule has 1 aliphatic rings. The Hall–Kier alpha value is -1.13. The van der Waals surface area contributed by atoms with E-state index in [-0.39, 0.29) is 0 Å². The highest BCUT2D eigenvalue weighted by Crippen LogP contribution is 2.32. The second-order valence-corrected chi connectivity index (χ2v) is 4.97. The maximum atomic E-state index is 10.4. The predicted molar refractivity (Wildman–Crippen MR) is 66.4 cm³/mol. The van der Waals surface area contributed by atoms with E-state index in [1.165, 1.54) is 0 Å². The normalized spacial score (nSPS) is 21.1. The van der Waals surface area contributed by atoms with Crippen molar-refractivity contribution in [1.82, 2.24) is 4.98 Å². The molecule has 1 atom stereocenters. The average molecular weight is 236 g/mol. The summed E-state index contributed by atoms with van der Waals surface area (Å²) >= 11 is 0. The van der Waals surface area contributed by atoms with Gasteiger partial charge < -0.3 is 15.9 Å². The fraction of sp³-hybridized carbons (Fsp3) is 0.615. The lowest BCUT2D eigenvalue weighted by Crippen LogP contribution is -2.45. The van der Waals surface area contributed by atoms with Crippen LogP contribution in [-0.4, -0.2) is 26.9 Å². The van der Waals surface area contributed by atoms with Gasteiger partial charge in [0.1, 0.15) is 5.82 Å². The first kappa shape index (κ1) is 12.3. The predicted octanol–water partition coefficient (Wildman–Crippen LogP) is 1.26. The Balaban J connectivity index is 2.02. The van der Waals surface area contributed by atoms with Crippen molar-refractivity contribution >= 4 is 5.82 Å². The number of anilines is 1. The highest BCUT2D eigenvalue weighted by atomic mass is 16.3. The minimum atomic E-state index is -0.920. The van der Waals surface area contributed by atoms with E-state index in [9.17, 15) is 10.2 Å². The van der Waals surface area contributed by atoms with E-state index in [1.54, 1.807) is 12.3 Å². The summed E-state index contributed by atoms with van der Waals surface area (Å²) in [6, 6.07) is 3.57. The number of hydrogen-bond donors (Lipinski definition) is 3. The summed E-state index contributed by atoms with van der Waals surface area (Å²) in [6.07, 6.45) is 5.86. The summed E-state index contributed by atoms with van der Waals surface area (Å²) in [7, 11) is 0. The van der Waals surface area contributed by atoms with Gasteiger partial charge in [0.15, 0.2) is 0 Å². The number of nitrogens with two attached hydrogens (primary N) is 1. The van der Waals surface area contributed by atoms with Crippen LogP contribution < -0.4 is 5.73 Å². The van der Waals surface area contributed by atoms with Crippen LogP contribution in [0.15, 0.2) is 18.3 Å². The van der Waals surface area contributed by atoms with E-state index in [1.807, 2.05) is 6.07 Å². The third-order valence-corrected chi connectivity index (χ3v) is 3.61. The molecule has 1 heterocycles. The van der Waals surface area contributed by atoms with Crippen LogP contribution in [-0.2, 0) is 6.42 Å². The molecular weight excluding hydrogens is 216 g/mol. The molecule has 1 saturated carbocycles. The summed E-state index contributed by atoms with van der Waals surface area (Å²) in [5, 5.41) is 20.5. The Morgan fingerprint density at radius 2 is 2.06 bits per heavy atom. The summed E-state index contributed by atoms with van der Waals surface area (Å²) < 4.78 is 0. The lowest BCUT2D eigenvalue weighted by molar-refractivity contribution is -0.0960. The number of nitrogen functional groups attached to an aromatic ring is 1. The van der Waals surface area contributed by atoms with E-state index < -0.39 is 11.7 Å². The molecule has 17 heavy (non-hydrogen) atoms. The van der Waals surface area contributed by atoms with E-state index in [0.717, 1.165) is 24.8 Å². The van der Waals surface area contributed by atoms with Gasteiger partial charge in [-0.25, -0.2) is 4.98 Å². The molecule has 1 unspecified atom stereocenters. The van der Waals surface area contributed by atoms with Crippen molar-refractivity contribution in [3.05, 3.63) is 23.9 Å². The number of aliphatic hydroxyl groups is 2. The number of nitrogens with zero attached hydrogens (tertiary/aromatic N) is 1. The monoisotopic (exact) mass is 236 g/mol. The first-order valence-corrected chi connectivity index (χ1v) is 6.21. The third-order valence-electron chi connectivity index (χ3n) is 3.61. The maximum Gasteiger partial charge on any atom is 0.123 e. The second kappa shape index (κ2) is 5.02. The zero-order chi connectivity index (χ0) is 12.3. The van der Waals surface area contributed by atoms with Crippen LogP contribution in [0.5, 0.6) is 0 Å². The Morgan fingerprint density at radius 1 is 1.35 bits per heavy atom. The van der Waals surface area contributed by atoms with Gasteiger partial charge in [-0.3, -0.25) is 0 Å². The molecule has 4 nitrogen and oxygen atoms in total. The van der Waals surface area contributed by atoms with E-state index >= 15 is 0 Å². The topological polar surface area (TPSA) is 79.4 Å². The molecule has 1 fully saturated rings. The molecule has 1 aliphatic carbocycles. The largest absolute Gasteiger partial charge is 0.390 e. The summed E-state index contributed by atoms with van der Waals surface area (Å²) in [5.41, 5.74) is 5.59. The van der Waals surface area contributed by atoms with Crippen molar-refractivity contribution in [2.24, 2.45) is 0 Å². The quantitative estimate of drug-likeness (QED) is 0.738. The number of aromatic nitrogens is 1. The van der Waals surface area contributed by atoms with Gasteiger partial charge in [-0.05, 0) is 30.5 Å². The smallest absolute Gasteiger partial charge is 0.123 e. The lowest BCUT2D eigenvalue weighted by atomic mass is 9.79. The molecule has 0 amide bonds. The Kier molecular flexibility index (Phi) is 3.64. The highest BCUT2D eigenvalue weighted by Gasteiger charge is 2.36. The highest BCUT2D eigenvalue weighted by molar-refractivity contribution is 5.32. The molecule has 0 saturated heterocycles. The molecule has 0 aliphatic heterocycles. The van der Waals surface area contributed by atoms with Crippen LogP contribution in [0.25, 0.3) is 0 Å². The van der Waals surface area contributed by atoms with Gasteiger partial charge in [0.25, 0.3) is 0 Å². The maximum absolute atomic E-state index is 10.4. The van der Waals surface area contributed by atoms with Gasteiger partial charge in [0, 0.05) is 12.6 Å². The Bertz CT molecular complexity index is 375. The van der Waals surface area contributed by atoms with Gasteiger partial charge in [-0.1, -0.05) is 19.3 Å². The Morgan fingerprint density at radius 3 is 2.71 bits per heavy atom. The van der Waals surface area contributed by atoms with Crippen molar-refractivity contribution in [3.63, 3.8) is 0 Å². The first-order chi connectivity index (χ1) is 8.10.